The van der Waals surface area contributed by atoms with Crippen LogP contribution in [0.4, 0.5) is 13.2 Å². The van der Waals surface area contributed by atoms with Crippen LogP contribution in [0.25, 0.3) is 67.6 Å². The van der Waals surface area contributed by atoms with Gasteiger partial charge in [0.2, 0.25) is 5.89 Å². The summed E-state index contributed by atoms with van der Waals surface area (Å²) in [5.74, 6) is 1.76. The van der Waals surface area contributed by atoms with Crippen molar-refractivity contribution < 1.29 is 39.0 Å². The zero-order valence-corrected chi connectivity index (χ0v) is 48.2. The molecule has 9 aromatic rings. The number of aromatic nitrogens is 2. The molecule has 0 atom stereocenters. The summed E-state index contributed by atoms with van der Waals surface area (Å²) < 4.78 is 80.1. The predicted molar refractivity (Wildman–Crippen MR) is 321 cm³/mol. The normalized spacial score (nSPS) is 14.0. The van der Waals surface area contributed by atoms with Crippen LogP contribution in [-0.2, 0) is 40.0 Å². The topological polar surface area (TPSA) is 160 Å². The van der Waals surface area contributed by atoms with Crippen LogP contribution in [0, 0.1) is 0 Å². The summed E-state index contributed by atoms with van der Waals surface area (Å²) in [6.07, 6.45) is 10.9. The molecule has 0 amide bonds. The summed E-state index contributed by atoms with van der Waals surface area (Å²) in [7, 11) is -7.38. The Kier molecular flexibility index (Phi) is 19.0. The van der Waals surface area contributed by atoms with Gasteiger partial charge < -0.3 is 17.4 Å². The molecule has 0 saturated carbocycles. The van der Waals surface area contributed by atoms with Gasteiger partial charge in [0.1, 0.15) is 17.3 Å². The Bertz CT molecular complexity index is 3830. The fourth-order valence-corrected chi connectivity index (χ4v) is 13.2. The molecule has 0 aliphatic heterocycles. The highest BCUT2D eigenvalue weighted by atomic mass is 32.2. The van der Waals surface area contributed by atoms with Gasteiger partial charge in [-0.1, -0.05) is 189 Å². The molecular formula is C67H63F3N2O9SSi. The van der Waals surface area contributed by atoms with Gasteiger partial charge in [-0.2, -0.15) is 21.6 Å². The first-order chi connectivity index (χ1) is 40.0. The van der Waals surface area contributed by atoms with Crippen molar-refractivity contribution in [1.29, 1.82) is 0 Å². The number of fused-ring (bicyclic) bond motifs is 2. The highest BCUT2D eigenvalue weighted by molar-refractivity contribution is 7.87. The Labute approximate surface area is 481 Å². The van der Waals surface area contributed by atoms with Gasteiger partial charge in [-0.05, 0) is 121 Å². The number of hydrogen-bond acceptors (Lipinski definition) is 11. The molecule has 0 bridgehead atoms. The Balaban J connectivity index is 0.000000134. The monoisotopic (exact) mass is 1160 g/mol. The molecule has 3 aromatic heterocycles. The van der Waals surface area contributed by atoms with Crippen LogP contribution in [0.3, 0.4) is 0 Å². The standard InChI is InChI=1S/2C21H18O2.C15H10N2O2.C10H17F3O3SSi/c2*22-21-19(15-9-3-1-4-10-15)17-13-7-8-14-18(17)20(23-21)16-11-5-2-6-12-16;18-15-13(11-7-3-1-4-8-11)16-17-14(19-15)12-9-5-2-6-10-12;1-18(2,3)9-7-5-4-6-8(9)16-17(14,15)10(11,12)13/h2*1-6,9-12H,7-8,13-14H2;1-10H;4-7H2,1-3H3. The molecule has 12 rings (SSSR count). The summed E-state index contributed by atoms with van der Waals surface area (Å²) >= 11 is 0. The molecule has 16 heteroatoms. The molecule has 83 heavy (non-hydrogen) atoms. The van der Waals surface area contributed by atoms with Crippen LogP contribution < -0.4 is 16.9 Å². The predicted octanol–water partition coefficient (Wildman–Crippen LogP) is 16.0. The second kappa shape index (κ2) is 26.6. The summed E-state index contributed by atoms with van der Waals surface area (Å²) in [6, 6.07) is 58.0. The average molecular weight is 1160 g/mol. The Hall–Kier alpha value is -8.47. The number of halogens is 3. The SMILES string of the molecule is C[Si](C)(C)C1=C(OS(=O)(=O)C(F)(F)F)CCCC1.O=c1oc(-c2ccccc2)c2c(c1-c1ccccc1)CCCC2.O=c1oc(-c2ccccc2)c2c(c1-c1ccccc1)CCCC2.O=c1oc(-c2ccccc2)nnc1-c1ccccc1. The first kappa shape index (κ1) is 59.2. The van der Waals surface area contributed by atoms with Gasteiger partial charge in [-0.3, -0.25) is 0 Å². The summed E-state index contributed by atoms with van der Waals surface area (Å²) in [5.41, 5.74) is 5.52. The maximum absolute atomic E-state index is 12.7. The zero-order valence-electron chi connectivity index (χ0n) is 46.4. The quantitative estimate of drug-likeness (QED) is 0.0769. The number of allylic oxidation sites excluding steroid dienone is 2. The van der Waals surface area contributed by atoms with Gasteiger partial charge in [0.25, 0.3) is 0 Å². The van der Waals surface area contributed by atoms with E-state index in [1.54, 1.807) is 12.1 Å². The number of hydrogen-bond donors (Lipinski definition) is 0. The van der Waals surface area contributed by atoms with E-state index in [4.69, 9.17) is 13.3 Å². The molecule has 3 aliphatic rings. The molecular weight excluding hydrogens is 1090 g/mol. The largest absolute Gasteiger partial charge is 0.534 e. The van der Waals surface area contributed by atoms with E-state index in [9.17, 15) is 36.0 Å². The smallest absolute Gasteiger partial charge is 0.422 e. The summed E-state index contributed by atoms with van der Waals surface area (Å²) in [6.45, 7) is 5.91. The van der Waals surface area contributed by atoms with Crippen molar-refractivity contribution in [3.63, 3.8) is 0 Å². The van der Waals surface area contributed by atoms with E-state index in [0.717, 1.165) is 113 Å². The molecule has 0 unspecified atom stereocenters. The van der Waals surface area contributed by atoms with Crippen molar-refractivity contribution in [1.82, 2.24) is 10.2 Å². The van der Waals surface area contributed by atoms with Crippen molar-refractivity contribution in [3.8, 4) is 67.6 Å². The lowest BCUT2D eigenvalue weighted by molar-refractivity contribution is -0.0524. The van der Waals surface area contributed by atoms with Crippen molar-refractivity contribution in [2.45, 2.75) is 102 Å². The van der Waals surface area contributed by atoms with E-state index in [1.165, 1.54) is 22.3 Å². The minimum absolute atomic E-state index is 0.0257. The molecule has 0 fully saturated rings. The number of rotatable bonds is 9. The van der Waals surface area contributed by atoms with E-state index in [1.807, 2.05) is 189 Å². The van der Waals surface area contributed by atoms with Crippen molar-refractivity contribution in [2.75, 3.05) is 0 Å². The minimum Gasteiger partial charge on any atom is -0.422 e. The lowest BCUT2D eigenvalue weighted by atomic mass is 9.85. The molecule has 0 radical (unpaired) electrons. The molecule has 0 saturated heterocycles. The van der Waals surface area contributed by atoms with Gasteiger partial charge in [0.15, 0.2) is 5.69 Å². The summed E-state index contributed by atoms with van der Waals surface area (Å²) in [5, 5.41) is 8.73. The van der Waals surface area contributed by atoms with Gasteiger partial charge in [-0.15, -0.1) is 10.2 Å². The fourth-order valence-electron chi connectivity index (χ4n) is 10.7. The number of alkyl halides is 3. The molecule has 426 valence electrons. The third kappa shape index (κ3) is 14.4. The highest BCUT2D eigenvalue weighted by Crippen LogP contribution is 2.39. The average Bonchev–Trinajstić information content (AvgIpc) is 3.42. The Morgan fingerprint density at radius 3 is 1.16 bits per heavy atom. The third-order valence-corrected chi connectivity index (χ3v) is 17.9. The lowest BCUT2D eigenvalue weighted by Gasteiger charge is -2.28. The molecule has 0 N–H and O–H groups in total. The van der Waals surface area contributed by atoms with Gasteiger partial charge in [0, 0.05) is 28.7 Å². The van der Waals surface area contributed by atoms with Crippen LogP contribution in [0.1, 0.15) is 73.6 Å². The van der Waals surface area contributed by atoms with Gasteiger partial charge >= 0.3 is 32.5 Å². The fraction of sp³-hybridized carbons (Fsp3) is 0.239. The van der Waals surface area contributed by atoms with Crippen molar-refractivity contribution in [3.05, 3.63) is 246 Å². The van der Waals surface area contributed by atoms with Crippen LogP contribution in [0.5, 0.6) is 0 Å². The zero-order chi connectivity index (χ0) is 58.6. The van der Waals surface area contributed by atoms with Crippen molar-refractivity contribution in [2.24, 2.45) is 0 Å². The molecule has 3 heterocycles. The van der Waals surface area contributed by atoms with E-state index in [2.05, 4.69) is 14.4 Å². The lowest BCUT2D eigenvalue weighted by Crippen LogP contribution is -2.31. The minimum atomic E-state index is -5.53. The highest BCUT2D eigenvalue weighted by Gasteiger charge is 2.49. The van der Waals surface area contributed by atoms with Gasteiger partial charge in [-0.25, -0.2) is 14.4 Å². The van der Waals surface area contributed by atoms with Crippen LogP contribution in [-0.4, -0.2) is 32.2 Å². The van der Waals surface area contributed by atoms with E-state index >= 15 is 0 Å². The molecule has 3 aliphatic carbocycles. The summed E-state index contributed by atoms with van der Waals surface area (Å²) in [4.78, 5) is 37.4. The Morgan fingerprint density at radius 1 is 0.422 bits per heavy atom. The molecule has 0 spiro atoms. The third-order valence-electron chi connectivity index (χ3n) is 14.6. The molecule has 6 aromatic carbocycles. The Morgan fingerprint density at radius 2 is 0.771 bits per heavy atom. The van der Waals surface area contributed by atoms with Crippen LogP contribution >= 0.6 is 0 Å². The van der Waals surface area contributed by atoms with E-state index in [-0.39, 0.29) is 35.0 Å². The first-order valence-electron chi connectivity index (χ1n) is 27.8. The first-order valence-corrected chi connectivity index (χ1v) is 32.7. The van der Waals surface area contributed by atoms with Crippen LogP contribution in [0.2, 0.25) is 19.6 Å². The van der Waals surface area contributed by atoms with Crippen molar-refractivity contribution >= 4 is 18.2 Å². The van der Waals surface area contributed by atoms with Crippen LogP contribution in [0.15, 0.2) is 221 Å². The number of nitrogens with zero attached hydrogens (tertiary/aromatic N) is 2. The second-order valence-electron chi connectivity index (χ2n) is 21.3. The van der Waals surface area contributed by atoms with E-state index < -0.39 is 29.3 Å². The maximum atomic E-state index is 12.7. The maximum Gasteiger partial charge on any atom is 0.534 e. The number of benzene rings is 6. The second-order valence-corrected chi connectivity index (χ2v) is 27.9. The van der Waals surface area contributed by atoms with E-state index in [0.29, 0.717) is 18.4 Å². The van der Waals surface area contributed by atoms with Gasteiger partial charge in [0.05, 0.1) is 19.2 Å². The molecule has 11 nitrogen and oxygen atoms in total.